The molecule has 3 rings (SSSR count). The number of hydrogen-bond acceptors (Lipinski definition) is 4. The zero-order valence-electron chi connectivity index (χ0n) is 14.1. The summed E-state index contributed by atoms with van der Waals surface area (Å²) in [6.45, 7) is 6.17. The minimum atomic E-state index is -0.847. The predicted molar refractivity (Wildman–Crippen MR) is 95.8 cm³/mol. The number of ether oxygens (including phenoxy) is 1. The highest BCUT2D eigenvalue weighted by Gasteiger charge is 2.24. The van der Waals surface area contributed by atoms with Gasteiger partial charge in [0.1, 0.15) is 11.6 Å². The lowest BCUT2D eigenvalue weighted by atomic mass is 10.0. The van der Waals surface area contributed by atoms with Crippen LogP contribution in [0.4, 0.5) is 20.3 Å². The van der Waals surface area contributed by atoms with Gasteiger partial charge in [-0.15, -0.1) is 0 Å². The standard InChI is InChI=1S/C18H20ClF2N3O/c1-10(2)16-9-24(5-6-25-16)11-3-4-12(15(20)7-11)13-8-14(19)18(22)23-17(13)21/h3-4,7-8,10,16H,5-6,9H2,1-2H3,(H2,22,23)/t16-/m0/s1. The fourth-order valence-electron chi connectivity index (χ4n) is 2.90. The molecule has 7 heteroatoms. The molecule has 1 aliphatic rings. The van der Waals surface area contributed by atoms with Crippen LogP contribution in [-0.2, 0) is 4.74 Å². The monoisotopic (exact) mass is 367 g/mol. The van der Waals surface area contributed by atoms with Gasteiger partial charge in [0.05, 0.1) is 17.7 Å². The van der Waals surface area contributed by atoms with Gasteiger partial charge < -0.3 is 15.4 Å². The van der Waals surface area contributed by atoms with Gasteiger partial charge in [0.2, 0.25) is 5.95 Å². The Morgan fingerprint density at radius 1 is 1.28 bits per heavy atom. The highest BCUT2D eigenvalue weighted by molar-refractivity contribution is 6.33. The largest absolute Gasteiger partial charge is 0.382 e. The van der Waals surface area contributed by atoms with E-state index in [1.807, 2.05) is 0 Å². The Morgan fingerprint density at radius 2 is 2.04 bits per heavy atom. The smallest absolute Gasteiger partial charge is 0.222 e. The van der Waals surface area contributed by atoms with Gasteiger partial charge in [-0.2, -0.15) is 4.39 Å². The zero-order chi connectivity index (χ0) is 18.1. The van der Waals surface area contributed by atoms with Crippen LogP contribution in [0, 0.1) is 17.7 Å². The Bertz CT molecular complexity index is 785. The molecule has 0 aliphatic carbocycles. The Balaban J connectivity index is 1.90. The van der Waals surface area contributed by atoms with Crippen molar-refractivity contribution in [1.82, 2.24) is 4.98 Å². The lowest BCUT2D eigenvalue weighted by Crippen LogP contribution is -2.44. The predicted octanol–water partition coefficient (Wildman–Crippen LogP) is 4.12. The number of nitrogen functional groups attached to an aromatic ring is 1. The fraction of sp³-hybridized carbons (Fsp3) is 0.389. The molecule has 0 radical (unpaired) electrons. The van der Waals surface area contributed by atoms with Gasteiger partial charge in [-0.25, -0.2) is 9.37 Å². The first-order chi connectivity index (χ1) is 11.9. The van der Waals surface area contributed by atoms with Crippen molar-refractivity contribution < 1.29 is 13.5 Å². The third kappa shape index (κ3) is 3.70. The van der Waals surface area contributed by atoms with Crippen LogP contribution in [0.3, 0.4) is 0 Å². The molecule has 1 aromatic heterocycles. The number of aromatic nitrogens is 1. The van der Waals surface area contributed by atoms with E-state index in [0.717, 1.165) is 5.69 Å². The number of anilines is 2. The number of morpholine rings is 1. The number of halogens is 3. The molecule has 1 atom stereocenters. The van der Waals surface area contributed by atoms with E-state index in [-0.39, 0.29) is 28.1 Å². The second-order valence-corrected chi connectivity index (χ2v) is 6.86. The summed E-state index contributed by atoms with van der Waals surface area (Å²) in [4.78, 5) is 5.59. The molecular formula is C18H20ClF2N3O. The molecule has 2 aromatic rings. The maximum Gasteiger partial charge on any atom is 0.222 e. The summed E-state index contributed by atoms with van der Waals surface area (Å²) in [6, 6.07) is 6.00. The van der Waals surface area contributed by atoms with E-state index in [0.29, 0.717) is 25.6 Å². The van der Waals surface area contributed by atoms with Crippen molar-refractivity contribution in [3.05, 3.63) is 41.1 Å². The quantitative estimate of drug-likeness (QED) is 0.829. The molecule has 25 heavy (non-hydrogen) atoms. The van der Waals surface area contributed by atoms with E-state index in [1.54, 1.807) is 6.07 Å². The number of pyridine rings is 1. The summed E-state index contributed by atoms with van der Waals surface area (Å²) < 4.78 is 34.4. The zero-order valence-corrected chi connectivity index (χ0v) is 14.9. The van der Waals surface area contributed by atoms with Crippen LogP contribution < -0.4 is 10.6 Å². The van der Waals surface area contributed by atoms with Crippen molar-refractivity contribution in [2.45, 2.75) is 20.0 Å². The van der Waals surface area contributed by atoms with Gasteiger partial charge in [0.15, 0.2) is 0 Å². The maximum atomic E-state index is 14.6. The van der Waals surface area contributed by atoms with Crippen LogP contribution >= 0.6 is 11.6 Å². The van der Waals surface area contributed by atoms with E-state index in [2.05, 4.69) is 23.7 Å². The van der Waals surface area contributed by atoms with Gasteiger partial charge in [0, 0.05) is 29.9 Å². The molecule has 134 valence electrons. The van der Waals surface area contributed by atoms with Crippen LogP contribution in [0.15, 0.2) is 24.3 Å². The average Bonchev–Trinajstić information content (AvgIpc) is 2.58. The van der Waals surface area contributed by atoms with Gasteiger partial charge in [-0.3, -0.25) is 0 Å². The molecule has 0 unspecified atom stereocenters. The first kappa shape index (κ1) is 17.9. The Labute approximate surface area is 150 Å². The fourth-order valence-corrected chi connectivity index (χ4v) is 3.05. The molecule has 0 spiro atoms. The molecule has 1 aromatic carbocycles. The minimum absolute atomic E-state index is 0.00900. The summed E-state index contributed by atoms with van der Waals surface area (Å²) in [7, 11) is 0. The molecule has 4 nitrogen and oxygen atoms in total. The van der Waals surface area contributed by atoms with E-state index in [1.165, 1.54) is 18.2 Å². The van der Waals surface area contributed by atoms with E-state index >= 15 is 0 Å². The molecule has 0 amide bonds. The lowest BCUT2D eigenvalue weighted by Gasteiger charge is -2.36. The minimum Gasteiger partial charge on any atom is -0.382 e. The van der Waals surface area contributed by atoms with Gasteiger partial charge in [0.25, 0.3) is 0 Å². The second kappa shape index (κ2) is 7.14. The van der Waals surface area contributed by atoms with Crippen molar-refractivity contribution in [2.24, 2.45) is 5.92 Å². The van der Waals surface area contributed by atoms with Crippen LogP contribution in [-0.4, -0.2) is 30.8 Å². The second-order valence-electron chi connectivity index (χ2n) is 6.46. The summed E-state index contributed by atoms with van der Waals surface area (Å²) in [5.41, 5.74) is 6.30. The molecule has 1 saturated heterocycles. The van der Waals surface area contributed by atoms with Crippen LogP contribution in [0.1, 0.15) is 13.8 Å². The number of hydrogen-bond donors (Lipinski definition) is 1. The van der Waals surface area contributed by atoms with Crippen LogP contribution in [0.25, 0.3) is 11.1 Å². The first-order valence-electron chi connectivity index (χ1n) is 8.14. The summed E-state index contributed by atoms with van der Waals surface area (Å²) in [5, 5.41) is 0.0906. The van der Waals surface area contributed by atoms with Crippen LogP contribution in [0.5, 0.6) is 0 Å². The molecule has 0 bridgehead atoms. The Morgan fingerprint density at radius 3 is 2.72 bits per heavy atom. The molecule has 2 heterocycles. The van der Waals surface area contributed by atoms with Gasteiger partial charge in [-0.05, 0) is 30.2 Å². The first-order valence-corrected chi connectivity index (χ1v) is 8.52. The molecule has 1 fully saturated rings. The van der Waals surface area contributed by atoms with Crippen molar-refractivity contribution in [3.63, 3.8) is 0 Å². The van der Waals surface area contributed by atoms with Gasteiger partial charge >= 0.3 is 0 Å². The van der Waals surface area contributed by atoms with E-state index in [4.69, 9.17) is 22.1 Å². The van der Waals surface area contributed by atoms with Gasteiger partial charge in [-0.1, -0.05) is 25.4 Å². The normalized spacial score (nSPS) is 18.0. The van der Waals surface area contributed by atoms with E-state index in [9.17, 15) is 8.78 Å². The molecule has 1 aliphatic heterocycles. The number of rotatable bonds is 3. The maximum absolute atomic E-state index is 14.6. The van der Waals surface area contributed by atoms with Crippen molar-refractivity contribution in [3.8, 4) is 11.1 Å². The number of benzene rings is 1. The number of nitrogens with two attached hydrogens (primary N) is 1. The molecule has 0 saturated carbocycles. The van der Waals surface area contributed by atoms with Crippen LogP contribution in [0.2, 0.25) is 5.02 Å². The third-order valence-electron chi connectivity index (χ3n) is 4.40. The highest BCUT2D eigenvalue weighted by Crippen LogP contribution is 2.32. The molecular weight excluding hydrogens is 348 g/mol. The highest BCUT2D eigenvalue weighted by atomic mass is 35.5. The summed E-state index contributed by atoms with van der Waals surface area (Å²) in [6.07, 6.45) is 0.106. The van der Waals surface area contributed by atoms with Crippen molar-refractivity contribution in [1.29, 1.82) is 0 Å². The number of nitrogens with zero attached hydrogens (tertiary/aromatic N) is 2. The molecule has 2 N–H and O–H groups in total. The summed E-state index contributed by atoms with van der Waals surface area (Å²) >= 11 is 5.89. The summed E-state index contributed by atoms with van der Waals surface area (Å²) in [5.74, 6) is -1.12. The Hall–Kier alpha value is -1.92. The topological polar surface area (TPSA) is 51.4 Å². The average molecular weight is 368 g/mol. The SMILES string of the molecule is CC(C)[C@@H]1CN(c2ccc(-c3cc(Cl)c(N)nc3F)c(F)c2)CCO1. The Kier molecular flexibility index (Phi) is 5.11. The van der Waals surface area contributed by atoms with E-state index < -0.39 is 11.8 Å². The van der Waals surface area contributed by atoms with Crippen molar-refractivity contribution in [2.75, 3.05) is 30.3 Å². The third-order valence-corrected chi connectivity index (χ3v) is 4.70. The van der Waals surface area contributed by atoms with Crippen molar-refractivity contribution >= 4 is 23.1 Å². The lowest BCUT2D eigenvalue weighted by molar-refractivity contribution is 0.0114.